The molecule has 124 valence electrons. The first-order valence-electron chi connectivity index (χ1n) is 8.42. The Labute approximate surface area is 142 Å². The summed E-state index contributed by atoms with van der Waals surface area (Å²) in [4.78, 5) is 16.9. The largest absolute Gasteiger partial charge is 0.355 e. The number of carbonyl (C=O) groups is 1. The van der Waals surface area contributed by atoms with E-state index in [0.29, 0.717) is 6.54 Å². The summed E-state index contributed by atoms with van der Waals surface area (Å²) in [5.41, 5.74) is 3.27. The molecule has 0 saturated heterocycles. The molecule has 24 heavy (non-hydrogen) atoms. The van der Waals surface area contributed by atoms with E-state index in [0.717, 1.165) is 29.4 Å². The highest BCUT2D eigenvalue weighted by Crippen LogP contribution is 2.20. The zero-order valence-corrected chi connectivity index (χ0v) is 14.2. The van der Waals surface area contributed by atoms with Crippen molar-refractivity contribution < 1.29 is 4.79 Å². The number of nitrogens with one attached hydrogen (secondary N) is 1. The minimum Gasteiger partial charge on any atom is -0.355 e. The Morgan fingerprint density at radius 2 is 2.00 bits per heavy atom. The number of hydrogen-bond donors (Lipinski definition) is 1. The third-order valence-electron chi connectivity index (χ3n) is 4.44. The Morgan fingerprint density at radius 1 is 1.21 bits per heavy atom. The third kappa shape index (κ3) is 3.32. The van der Waals surface area contributed by atoms with Crippen molar-refractivity contribution in [1.82, 2.24) is 14.9 Å². The Balaban J connectivity index is 1.64. The maximum Gasteiger partial charge on any atom is 0.227 e. The van der Waals surface area contributed by atoms with Gasteiger partial charge >= 0.3 is 0 Å². The van der Waals surface area contributed by atoms with Gasteiger partial charge in [-0.15, -0.1) is 0 Å². The molecular weight excluding hydrogens is 298 g/mol. The second-order valence-corrected chi connectivity index (χ2v) is 6.05. The van der Waals surface area contributed by atoms with Crippen molar-refractivity contribution in [1.29, 1.82) is 0 Å². The SMILES string of the molecule is CCC(C(=O)NCCc1cn(C)c2ncccc12)c1ccccc1. The molecule has 0 aliphatic carbocycles. The molecule has 4 nitrogen and oxygen atoms in total. The molecule has 1 unspecified atom stereocenters. The van der Waals surface area contributed by atoms with Gasteiger partial charge in [0.1, 0.15) is 5.65 Å². The quantitative estimate of drug-likeness (QED) is 0.756. The van der Waals surface area contributed by atoms with E-state index in [1.165, 1.54) is 5.56 Å². The maximum atomic E-state index is 12.5. The van der Waals surface area contributed by atoms with E-state index >= 15 is 0 Å². The molecule has 1 N–H and O–H groups in total. The Hall–Kier alpha value is -2.62. The molecule has 2 heterocycles. The Morgan fingerprint density at radius 3 is 2.75 bits per heavy atom. The summed E-state index contributed by atoms with van der Waals surface area (Å²) in [6.45, 7) is 2.68. The lowest BCUT2D eigenvalue weighted by Gasteiger charge is -2.15. The minimum atomic E-state index is -0.0830. The van der Waals surface area contributed by atoms with Crippen LogP contribution in [-0.2, 0) is 18.3 Å². The molecule has 0 fully saturated rings. The van der Waals surface area contributed by atoms with Gasteiger partial charge in [0.05, 0.1) is 5.92 Å². The topological polar surface area (TPSA) is 46.9 Å². The summed E-state index contributed by atoms with van der Waals surface area (Å²) in [7, 11) is 2.00. The zero-order chi connectivity index (χ0) is 16.9. The first kappa shape index (κ1) is 16.2. The lowest BCUT2D eigenvalue weighted by Crippen LogP contribution is -2.30. The van der Waals surface area contributed by atoms with Gasteiger partial charge in [-0.05, 0) is 36.1 Å². The van der Waals surface area contributed by atoms with Crippen LogP contribution in [0.25, 0.3) is 11.0 Å². The first-order chi connectivity index (χ1) is 11.7. The fraction of sp³-hybridized carbons (Fsp3) is 0.300. The number of benzene rings is 1. The van der Waals surface area contributed by atoms with E-state index in [2.05, 4.69) is 22.6 Å². The highest BCUT2D eigenvalue weighted by Gasteiger charge is 2.18. The molecule has 4 heteroatoms. The monoisotopic (exact) mass is 321 g/mol. The van der Waals surface area contributed by atoms with Gasteiger partial charge in [-0.2, -0.15) is 0 Å². The van der Waals surface area contributed by atoms with Crippen LogP contribution in [0.15, 0.2) is 54.9 Å². The van der Waals surface area contributed by atoms with Crippen molar-refractivity contribution >= 4 is 16.9 Å². The molecule has 0 aliphatic rings. The van der Waals surface area contributed by atoms with E-state index in [-0.39, 0.29) is 11.8 Å². The number of pyridine rings is 1. The lowest BCUT2D eigenvalue weighted by molar-refractivity contribution is -0.122. The fourth-order valence-electron chi connectivity index (χ4n) is 3.19. The van der Waals surface area contributed by atoms with E-state index in [1.807, 2.05) is 54.9 Å². The number of carbonyl (C=O) groups excluding carboxylic acids is 1. The second kappa shape index (κ2) is 7.30. The smallest absolute Gasteiger partial charge is 0.227 e. The molecular formula is C20H23N3O. The van der Waals surface area contributed by atoms with Crippen molar-refractivity contribution in [3.8, 4) is 0 Å². The average molecular weight is 321 g/mol. The van der Waals surface area contributed by atoms with Crippen LogP contribution in [0.3, 0.4) is 0 Å². The molecule has 0 spiro atoms. The number of aromatic nitrogens is 2. The summed E-state index contributed by atoms with van der Waals surface area (Å²) in [5, 5.41) is 4.24. The molecule has 1 aromatic carbocycles. The minimum absolute atomic E-state index is 0.0830. The van der Waals surface area contributed by atoms with Crippen LogP contribution in [-0.4, -0.2) is 22.0 Å². The highest BCUT2D eigenvalue weighted by atomic mass is 16.1. The fourth-order valence-corrected chi connectivity index (χ4v) is 3.19. The van der Waals surface area contributed by atoms with E-state index in [9.17, 15) is 4.79 Å². The van der Waals surface area contributed by atoms with Gasteiger partial charge in [-0.25, -0.2) is 4.98 Å². The van der Waals surface area contributed by atoms with Gasteiger partial charge in [0, 0.05) is 31.4 Å². The van der Waals surface area contributed by atoms with Crippen LogP contribution in [0.2, 0.25) is 0 Å². The van der Waals surface area contributed by atoms with Crippen molar-refractivity contribution in [3.63, 3.8) is 0 Å². The van der Waals surface area contributed by atoms with Crippen molar-refractivity contribution in [2.24, 2.45) is 7.05 Å². The third-order valence-corrected chi connectivity index (χ3v) is 4.44. The predicted octanol–water partition coefficient (Wildman–Crippen LogP) is 3.43. The molecule has 0 aliphatic heterocycles. The van der Waals surface area contributed by atoms with Gasteiger partial charge in [0.2, 0.25) is 5.91 Å². The van der Waals surface area contributed by atoms with Gasteiger partial charge in [-0.1, -0.05) is 37.3 Å². The molecule has 0 bridgehead atoms. The summed E-state index contributed by atoms with van der Waals surface area (Å²) >= 11 is 0. The van der Waals surface area contributed by atoms with E-state index in [1.54, 1.807) is 6.20 Å². The van der Waals surface area contributed by atoms with E-state index in [4.69, 9.17) is 0 Å². The highest BCUT2D eigenvalue weighted by molar-refractivity contribution is 5.84. The normalized spacial score (nSPS) is 12.2. The second-order valence-electron chi connectivity index (χ2n) is 6.05. The molecule has 1 amide bonds. The number of amides is 1. The first-order valence-corrected chi connectivity index (χ1v) is 8.42. The van der Waals surface area contributed by atoms with Crippen molar-refractivity contribution in [3.05, 3.63) is 66.0 Å². The Bertz CT molecular complexity index is 823. The molecule has 3 rings (SSSR count). The Kier molecular flexibility index (Phi) is 4.94. The maximum absolute atomic E-state index is 12.5. The average Bonchev–Trinajstić information content (AvgIpc) is 2.93. The summed E-state index contributed by atoms with van der Waals surface area (Å²) < 4.78 is 2.03. The molecule has 0 radical (unpaired) electrons. The summed E-state index contributed by atoms with van der Waals surface area (Å²) in [5.74, 6) is 0.0162. The van der Waals surface area contributed by atoms with Gasteiger partial charge < -0.3 is 9.88 Å². The summed E-state index contributed by atoms with van der Waals surface area (Å²) in [6.07, 6.45) is 5.51. The van der Waals surface area contributed by atoms with Crippen LogP contribution in [0.4, 0.5) is 0 Å². The lowest BCUT2D eigenvalue weighted by atomic mass is 9.95. The summed E-state index contributed by atoms with van der Waals surface area (Å²) in [6, 6.07) is 14.0. The molecule has 2 aromatic heterocycles. The van der Waals surface area contributed by atoms with Gasteiger partial charge in [-0.3, -0.25) is 4.79 Å². The standard InChI is InChI=1S/C20H23N3O/c1-3-17(15-8-5-4-6-9-15)20(24)22-13-11-16-14-23(2)19-18(16)10-7-12-21-19/h4-10,12,14,17H,3,11,13H2,1-2H3,(H,22,24). The number of hydrogen-bond acceptors (Lipinski definition) is 2. The molecule has 1 atom stereocenters. The number of aryl methyl sites for hydroxylation is 1. The van der Waals surface area contributed by atoms with Crippen LogP contribution >= 0.6 is 0 Å². The van der Waals surface area contributed by atoms with E-state index < -0.39 is 0 Å². The van der Waals surface area contributed by atoms with Gasteiger partial charge in [0.15, 0.2) is 0 Å². The van der Waals surface area contributed by atoms with Crippen molar-refractivity contribution in [2.75, 3.05) is 6.54 Å². The van der Waals surface area contributed by atoms with Crippen LogP contribution in [0.5, 0.6) is 0 Å². The predicted molar refractivity (Wildman–Crippen MR) is 96.9 cm³/mol. The molecule has 0 saturated carbocycles. The van der Waals surface area contributed by atoms with Crippen LogP contribution in [0.1, 0.15) is 30.4 Å². The number of nitrogens with zero attached hydrogens (tertiary/aromatic N) is 2. The van der Waals surface area contributed by atoms with Crippen LogP contribution in [0, 0.1) is 0 Å². The molecule has 3 aromatic rings. The van der Waals surface area contributed by atoms with Crippen LogP contribution < -0.4 is 5.32 Å². The zero-order valence-electron chi connectivity index (χ0n) is 14.2. The van der Waals surface area contributed by atoms with Gasteiger partial charge in [0.25, 0.3) is 0 Å². The van der Waals surface area contributed by atoms with Crippen molar-refractivity contribution in [2.45, 2.75) is 25.7 Å². The number of fused-ring (bicyclic) bond motifs is 1. The number of rotatable bonds is 6.